The summed E-state index contributed by atoms with van der Waals surface area (Å²) in [5, 5.41) is 6.51. The number of nitrogens with one attached hydrogen (secondary N) is 2. The molecular formula is C22H25N5O. The van der Waals surface area contributed by atoms with Crippen LogP contribution in [0.3, 0.4) is 0 Å². The number of fused-ring (bicyclic) bond motifs is 1. The van der Waals surface area contributed by atoms with Crippen LogP contribution < -0.4 is 10.6 Å². The fraction of sp³-hybridized carbons (Fsp3) is 0.318. The first-order valence-corrected chi connectivity index (χ1v) is 9.66. The van der Waals surface area contributed by atoms with E-state index in [0.29, 0.717) is 5.69 Å². The van der Waals surface area contributed by atoms with E-state index in [2.05, 4.69) is 57.2 Å². The highest BCUT2D eigenvalue weighted by molar-refractivity contribution is 5.92. The molecule has 0 radical (unpaired) electrons. The minimum atomic E-state index is -0.274. The van der Waals surface area contributed by atoms with E-state index in [9.17, 15) is 4.79 Å². The molecule has 1 amide bonds. The SMILES string of the molecule is Cc1ccc(C(NC(=O)c2cn3c(n2)CCNCC3)c2cccnc2)cc1C. The van der Waals surface area contributed by atoms with Gasteiger partial charge in [-0.25, -0.2) is 4.98 Å². The Morgan fingerprint density at radius 1 is 1.18 bits per heavy atom. The van der Waals surface area contributed by atoms with Crippen molar-refractivity contribution < 1.29 is 4.79 Å². The van der Waals surface area contributed by atoms with Crippen molar-refractivity contribution in [2.75, 3.05) is 13.1 Å². The highest BCUT2D eigenvalue weighted by Crippen LogP contribution is 2.24. The summed E-state index contributed by atoms with van der Waals surface area (Å²) in [5.41, 5.74) is 4.88. The zero-order chi connectivity index (χ0) is 19.5. The standard InChI is InChI=1S/C22H25N5O/c1-15-5-6-17(12-16(15)2)21(18-4-3-8-24-13-18)26-22(28)19-14-27-11-10-23-9-7-20(27)25-19/h3-6,8,12-14,21,23H,7,9-11H2,1-2H3,(H,26,28). The number of aryl methyl sites for hydroxylation is 2. The number of imidazole rings is 1. The van der Waals surface area contributed by atoms with Crippen molar-refractivity contribution in [1.82, 2.24) is 25.2 Å². The minimum Gasteiger partial charge on any atom is -0.340 e. The maximum absolute atomic E-state index is 13.0. The van der Waals surface area contributed by atoms with Crippen molar-refractivity contribution in [2.24, 2.45) is 0 Å². The molecule has 0 fully saturated rings. The van der Waals surface area contributed by atoms with Crippen LogP contribution >= 0.6 is 0 Å². The van der Waals surface area contributed by atoms with Gasteiger partial charge in [-0.05, 0) is 42.2 Å². The average molecular weight is 375 g/mol. The summed E-state index contributed by atoms with van der Waals surface area (Å²) in [4.78, 5) is 21.8. The molecule has 6 heteroatoms. The zero-order valence-corrected chi connectivity index (χ0v) is 16.3. The molecule has 3 heterocycles. The molecule has 0 saturated carbocycles. The van der Waals surface area contributed by atoms with Crippen LogP contribution in [0.2, 0.25) is 0 Å². The predicted octanol–water partition coefficient (Wildman–Crippen LogP) is 2.56. The Morgan fingerprint density at radius 3 is 2.86 bits per heavy atom. The number of rotatable bonds is 4. The summed E-state index contributed by atoms with van der Waals surface area (Å²) in [6.45, 7) is 6.79. The third-order valence-electron chi connectivity index (χ3n) is 5.30. The molecule has 28 heavy (non-hydrogen) atoms. The summed E-state index contributed by atoms with van der Waals surface area (Å²) in [7, 11) is 0. The second-order valence-corrected chi connectivity index (χ2v) is 7.27. The summed E-state index contributed by atoms with van der Waals surface area (Å²) >= 11 is 0. The van der Waals surface area contributed by atoms with Crippen LogP contribution in [0.4, 0.5) is 0 Å². The van der Waals surface area contributed by atoms with E-state index in [1.165, 1.54) is 11.1 Å². The molecule has 1 aromatic carbocycles. The lowest BCUT2D eigenvalue weighted by molar-refractivity contribution is 0.0938. The monoisotopic (exact) mass is 375 g/mol. The first kappa shape index (κ1) is 18.4. The Morgan fingerprint density at radius 2 is 2.07 bits per heavy atom. The summed E-state index contributed by atoms with van der Waals surface area (Å²) in [6, 6.07) is 9.88. The smallest absolute Gasteiger partial charge is 0.272 e. The van der Waals surface area contributed by atoms with Gasteiger partial charge in [0, 0.05) is 44.6 Å². The van der Waals surface area contributed by atoms with Crippen LogP contribution in [0.1, 0.15) is 44.6 Å². The molecule has 6 nitrogen and oxygen atoms in total. The molecule has 3 aromatic rings. The number of hydrogen-bond donors (Lipinski definition) is 2. The summed E-state index contributed by atoms with van der Waals surface area (Å²) < 4.78 is 2.07. The van der Waals surface area contributed by atoms with E-state index in [1.807, 2.05) is 18.3 Å². The number of benzene rings is 1. The molecule has 2 aromatic heterocycles. The van der Waals surface area contributed by atoms with Crippen molar-refractivity contribution in [1.29, 1.82) is 0 Å². The fourth-order valence-corrected chi connectivity index (χ4v) is 3.54. The average Bonchev–Trinajstić information content (AvgIpc) is 2.99. The molecule has 0 spiro atoms. The maximum atomic E-state index is 13.0. The molecule has 0 bridgehead atoms. The summed E-state index contributed by atoms with van der Waals surface area (Å²) in [5.74, 6) is 0.792. The fourth-order valence-electron chi connectivity index (χ4n) is 3.54. The van der Waals surface area contributed by atoms with Gasteiger partial charge in [0.2, 0.25) is 0 Å². The zero-order valence-electron chi connectivity index (χ0n) is 16.3. The van der Waals surface area contributed by atoms with Gasteiger partial charge in [-0.3, -0.25) is 9.78 Å². The molecule has 0 saturated heterocycles. The number of carbonyl (C=O) groups is 1. The second kappa shape index (κ2) is 7.94. The van der Waals surface area contributed by atoms with Crippen LogP contribution in [0.25, 0.3) is 0 Å². The van der Waals surface area contributed by atoms with E-state index in [-0.39, 0.29) is 11.9 Å². The molecule has 1 unspecified atom stereocenters. The lowest BCUT2D eigenvalue weighted by atomic mass is 9.96. The van der Waals surface area contributed by atoms with E-state index in [4.69, 9.17) is 0 Å². The van der Waals surface area contributed by atoms with Crippen molar-refractivity contribution in [3.8, 4) is 0 Å². The molecule has 1 aliphatic heterocycles. The Bertz CT molecular complexity index is 956. The van der Waals surface area contributed by atoms with Gasteiger partial charge in [-0.1, -0.05) is 24.3 Å². The Balaban J connectivity index is 1.64. The van der Waals surface area contributed by atoms with Crippen LogP contribution in [0.5, 0.6) is 0 Å². The van der Waals surface area contributed by atoms with E-state index in [1.54, 1.807) is 12.4 Å². The van der Waals surface area contributed by atoms with Gasteiger partial charge in [0.05, 0.1) is 6.04 Å². The molecule has 1 atom stereocenters. The van der Waals surface area contributed by atoms with Gasteiger partial charge < -0.3 is 15.2 Å². The third-order valence-corrected chi connectivity index (χ3v) is 5.30. The highest BCUT2D eigenvalue weighted by Gasteiger charge is 2.21. The van der Waals surface area contributed by atoms with Crippen molar-refractivity contribution in [3.05, 3.63) is 82.7 Å². The number of nitrogens with zero attached hydrogens (tertiary/aromatic N) is 3. The van der Waals surface area contributed by atoms with Crippen molar-refractivity contribution in [2.45, 2.75) is 32.9 Å². The Kier molecular flexibility index (Phi) is 5.21. The maximum Gasteiger partial charge on any atom is 0.272 e. The number of hydrogen-bond acceptors (Lipinski definition) is 4. The van der Waals surface area contributed by atoms with Gasteiger partial charge in [0.1, 0.15) is 11.5 Å². The molecule has 1 aliphatic rings. The number of carbonyl (C=O) groups excluding carboxylic acids is 1. The van der Waals surface area contributed by atoms with Crippen LogP contribution in [0, 0.1) is 13.8 Å². The Hall–Kier alpha value is -2.99. The quantitative estimate of drug-likeness (QED) is 0.735. The predicted molar refractivity (Wildman–Crippen MR) is 108 cm³/mol. The molecular weight excluding hydrogens is 350 g/mol. The van der Waals surface area contributed by atoms with E-state index >= 15 is 0 Å². The summed E-state index contributed by atoms with van der Waals surface area (Å²) in [6.07, 6.45) is 6.23. The first-order chi connectivity index (χ1) is 13.6. The van der Waals surface area contributed by atoms with Gasteiger partial charge in [-0.2, -0.15) is 0 Å². The van der Waals surface area contributed by atoms with E-state index < -0.39 is 0 Å². The minimum absolute atomic E-state index is 0.166. The molecule has 2 N–H and O–H groups in total. The van der Waals surface area contributed by atoms with Gasteiger partial charge in [0.25, 0.3) is 5.91 Å². The third kappa shape index (κ3) is 3.82. The molecule has 144 valence electrons. The Labute approximate surface area is 165 Å². The topological polar surface area (TPSA) is 71.8 Å². The lowest BCUT2D eigenvalue weighted by Gasteiger charge is -2.20. The van der Waals surface area contributed by atoms with Crippen LogP contribution in [-0.2, 0) is 13.0 Å². The largest absolute Gasteiger partial charge is 0.340 e. The van der Waals surface area contributed by atoms with Gasteiger partial charge >= 0.3 is 0 Å². The first-order valence-electron chi connectivity index (χ1n) is 9.66. The highest BCUT2D eigenvalue weighted by atomic mass is 16.2. The number of pyridine rings is 1. The van der Waals surface area contributed by atoms with Crippen molar-refractivity contribution >= 4 is 5.91 Å². The molecule has 4 rings (SSSR count). The number of aromatic nitrogens is 3. The lowest BCUT2D eigenvalue weighted by Crippen LogP contribution is -2.30. The normalized spacial score (nSPS) is 14.8. The number of amides is 1. The van der Waals surface area contributed by atoms with Crippen molar-refractivity contribution in [3.63, 3.8) is 0 Å². The molecule has 0 aliphatic carbocycles. The van der Waals surface area contributed by atoms with E-state index in [0.717, 1.165) is 43.0 Å². The van der Waals surface area contributed by atoms with Gasteiger partial charge in [-0.15, -0.1) is 0 Å². The van der Waals surface area contributed by atoms with Crippen LogP contribution in [0.15, 0.2) is 48.9 Å². The van der Waals surface area contributed by atoms with Crippen LogP contribution in [-0.4, -0.2) is 33.5 Å². The second-order valence-electron chi connectivity index (χ2n) is 7.27. The van der Waals surface area contributed by atoms with Gasteiger partial charge in [0.15, 0.2) is 0 Å².